The van der Waals surface area contributed by atoms with Crippen molar-refractivity contribution in [2.75, 3.05) is 39.0 Å². The van der Waals surface area contributed by atoms with E-state index >= 15 is 0 Å². The van der Waals surface area contributed by atoms with E-state index in [9.17, 15) is 8.42 Å². The predicted molar refractivity (Wildman–Crippen MR) is 87.2 cm³/mol. The van der Waals surface area contributed by atoms with Gasteiger partial charge in [-0.2, -0.15) is 0 Å². The summed E-state index contributed by atoms with van der Waals surface area (Å²) in [4.78, 5) is 0. The second-order valence-corrected chi connectivity index (χ2v) is 9.25. The molecule has 0 radical (unpaired) electrons. The summed E-state index contributed by atoms with van der Waals surface area (Å²) in [6.07, 6.45) is 8.54. The normalized spacial score (nSPS) is 32.2. The number of hydrogen-bond acceptors (Lipinski definition) is 4. The number of nitrogens with zero attached hydrogens (tertiary/aromatic N) is 1. The number of piperidine rings is 2. The van der Waals surface area contributed by atoms with Crippen molar-refractivity contribution in [1.29, 1.82) is 0 Å². The molecule has 0 unspecified atom stereocenters. The molecule has 0 aromatic carbocycles. The highest BCUT2D eigenvalue weighted by Gasteiger charge is 2.42. The van der Waals surface area contributed by atoms with Gasteiger partial charge in [0.1, 0.15) is 0 Å². The Morgan fingerprint density at radius 1 is 1.14 bits per heavy atom. The Morgan fingerprint density at radius 2 is 1.82 bits per heavy atom. The predicted octanol–water partition coefficient (Wildman–Crippen LogP) is 1.45. The third-order valence-corrected chi connectivity index (χ3v) is 6.98. The van der Waals surface area contributed by atoms with Crippen LogP contribution in [0.25, 0.3) is 0 Å². The Morgan fingerprint density at radius 3 is 2.45 bits per heavy atom. The SMILES string of the molecule is CS(=O)(=O)N1CCC(OCC[C@@H]2C[C@@H]2C2CCNCC2)CC1. The van der Waals surface area contributed by atoms with Crippen LogP contribution in [-0.4, -0.2) is 57.9 Å². The fourth-order valence-electron chi connectivity index (χ4n) is 4.17. The fourth-order valence-corrected chi connectivity index (χ4v) is 5.04. The van der Waals surface area contributed by atoms with Gasteiger partial charge >= 0.3 is 0 Å². The average Bonchev–Trinajstić information content (AvgIpc) is 3.27. The van der Waals surface area contributed by atoms with Crippen molar-refractivity contribution in [3.8, 4) is 0 Å². The Hall–Kier alpha value is -0.170. The van der Waals surface area contributed by atoms with Gasteiger partial charge in [0.25, 0.3) is 0 Å². The summed E-state index contributed by atoms with van der Waals surface area (Å²) in [7, 11) is -3.02. The first kappa shape index (κ1) is 16.7. The lowest BCUT2D eigenvalue weighted by atomic mass is 9.91. The molecule has 6 heteroatoms. The highest BCUT2D eigenvalue weighted by molar-refractivity contribution is 7.88. The largest absolute Gasteiger partial charge is 0.378 e. The van der Waals surface area contributed by atoms with E-state index in [2.05, 4.69) is 5.32 Å². The molecule has 0 aromatic heterocycles. The Bertz CT molecular complexity index is 454. The number of rotatable bonds is 6. The van der Waals surface area contributed by atoms with Crippen LogP contribution in [0.1, 0.15) is 38.5 Å². The molecule has 5 nitrogen and oxygen atoms in total. The standard InChI is InChI=1S/C16H30N2O3S/c1-22(19,20)18-9-4-15(5-10-18)21-11-6-14-12-16(14)13-2-7-17-8-3-13/h13-17H,2-12H2,1H3/t14-,16-/m1/s1. The van der Waals surface area contributed by atoms with E-state index < -0.39 is 10.0 Å². The lowest BCUT2D eigenvalue weighted by Crippen LogP contribution is -2.40. The summed E-state index contributed by atoms with van der Waals surface area (Å²) >= 11 is 0. The Balaban J connectivity index is 1.29. The molecule has 3 rings (SSSR count). The zero-order chi connectivity index (χ0) is 15.6. The molecule has 2 heterocycles. The number of hydrogen-bond donors (Lipinski definition) is 1. The average molecular weight is 330 g/mol. The Labute approximate surface area is 134 Å². The lowest BCUT2D eigenvalue weighted by Gasteiger charge is -2.30. The van der Waals surface area contributed by atoms with E-state index in [0.717, 1.165) is 37.2 Å². The van der Waals surface area contributed by atoms with E-state index in [0.29, 0.717) is 13.1 Å². The van der Waals surface area contributed by atoms with Gasteiger partial charge in [0.15, 0.2) is 0 Å². The highest BCUT2D eigenvalue weighted by Crippen LogP contribution is 2.49. The monoisotopic (exact) mass is 330 g/mol. The second-order valence-electron chi connectivity index (χ2n) is 7.27. The molecule has 0 aromatic rings. The maximum Gasteiger partial charge on any atom is 0.211 e. The molecular weight excluding hydrogens is 300 g/mol. The summed E-state index contributed by atoms with van der Waals surface area (Å²) in [5.74, 6) is 2.79. The van der Waals surface area contributed by atoms with Crippen LogP contribution in [0.15, 0.2) is 0 Å². The topological polar surface area (TPSA) is 58.6 Å². The molecule has 1 aliphatic carbocycles. The molecule has 22 heavy (non-hydrogen) atoms. The molecule has 0 amide bonds. The molecule has 128 valence electrons. The van der Waals surface area contributed by atoms with Crippen molar-refractivity contribution >= 4 is 10.0 Å². The first-order valence-corrected chi connectivity index (χ1v) is 10.7. The van der Waals surface area contributed by atoms with Crippen molar-refractivity contribution < 1.29 is 13.2 Å². The van der Waals surface area contributed by atoms with Crippen molar-refractivity contribution in [3.63, 3.8) is 0 Å². The minimum atomic E-state index is -3.02. The minimum absolute atomic E-state index is 0.258. The van der Waals surface area contributed by atoms with Crippen LogP contribution in [0, 0.1) is 17.8 Å². The minimum Gasteiger partial charge on any atom is -0.378 e. The molecule has 3 aliphatic rings. The molecule has 1 N–H and O–H groups in total. The summed E-state index contributed by atoms with van der Waals surface area (Å²) in [5, 5.41) is 3.44. The van der Waals surface area contributed by atoms with Crippen LogP contribution in [0.4, 0.5) is 0 Å². The number of nitrogens with one attached hydrogen (secondary N) is 1. The fraction of sp³-hybridized carbons (Fsp3) is 1.00. The van der Waals surface area contributed by atoms with Gasteiger partial charge in [0.05, 0.1) is 12.4 Å². The van der Waals surface area contributed by atoms with Crippen molar-refractivity contribution in [1.82, 2.24) is 9.62 Å². The van der Waals surface area contributed by atoms with E-state index in [1.54, 1.807) is 4.31 Å². The second kappa shape index (κ2) is 7.16. The van der Waals surface area contributed by atoms with E-state index in [1.807, 2.05) is 0 Å². The summed E-state index contributed by atoms with van der Waals surface area (Å²) < 4.78 is 30.5. The van der Waals surface area contributed by atoms with Gasteiger partial charge in [0.2, 0.25) is 10.0 Å². The maximum atomic E-state index is 11.5. The van der Waals surface area contributed by atoms with E-state index in [1.165, 1.54) is 45.0 Å². The van der Waals surface area contributed by atoms with Gasteiger partial charge in [-0.3, -0.25) is 0 Å². The van der Waals surface area contributed by atoms with E-state index in [4.69, 9.17) is 4.74 Å². The molecule has 2 atom stereocenters. The van der Waals surface area contributed by atoms with Gasteiger partial charge in [-0.15, -0.1) is 0 Å². The molecule has 3 fully saturated rings. The first-order valence-electron chi connectivity index (χ1n) is 8.81. The van der Waals surface area contributed by atoms with Crippen LogP contribution in [0.5, 0.6) is 0 Å². The van der Waals surface area contributed by atoms with E-state index in [-0.39, 0.29) is 6.10 Å². The molecular formula is C16H30N2O3S. The molecule has 2 saturated heterocycles. The van der Waals surface area contributed by atoms with Gasteiger partial charge < -0.3 is 10.1 Å². The maximum absolute atomic E-state index is 11.5. The first-order chi connectivity index (χ1) is 10.5. The molecule has 2 aliphatic heterocycles. The Kier molecular flexibility index (Phi) is 5.43. The number of sulfonamides is 1. The van der Waals surface area contributed by atoms with Crippen LogP contribution < -0.4 is 5.32 Å². The highest BCUT2D eigenvalue weighted by atomic mass is 32.2. The van der Waals surface area contributed by atoms with Crippen LogP contribution in [-0.2, 0) is 14.8 Å². The molecule has 0 bridgehead atoms. The zero-order valence-electron chi connectivity index (χ0n) is 13.7. The third kappa shape index (κ3) is 4.43. The van der Waals surface area contributed by atoms with Crippen molar-refractivity contribution in [2.45, 2.75) is 44.6 Å². The smallest absolute Gasteiger partial charge is 0.211 e. The van der Waals surface area contributed by atoms with Gasteiger partial charge in [-0.1, -0.05) is 0 Å². The number of ether oxygens (including phenoxy) is 1. The summed E-state index contributed by atoms with van der Waals surface area (Å²) in [6, 6.07) is 0. The van der Waals surface area contributed by atoms with Crippen LogP contribution in [0.3, 0.4) is 0 Å². The van der Waals surface area contributed by atoms with Gasteiger partial charge in [-0.05, 0) is 69.4 Å². The molecule has 0 spiro atoms. The van der Waals surface area contributed by atoms with Gasteiger partial charge in [0, 0.05) is 19.7 Å². The lowest BCUT2D eigenvalue weighted by molar-refractivity contribution is 0.0175. The van der Waals surface area contributed by atoms with Crippen LogP contribution >= 0.6 is 0 Å². The summed E-state index contributed by atoms with van der Waals surface area (Å²) in [6.45, 7) is 4.48. The quantitative estimate of drug-likeness (QED) is 0.801. The molecule has 1 saturated carbocycles. The van der Waals surface area contributed by atoms with Gasteiger partial charge in [-0.25, -0.2) is 12.7 Å². The van der Waals surface area contributed by atoms with Crippen molar-refractivity contribution in [2.24, 2.45) is 17.8 Å². The zero-order valence-corrected chi connectivity index (χ0v) is 14.5. The summed E-state index contributed by atoms with van der Waals surface area (Å²) in [5.41, 5.74) is 0. The van der Waals surface area contributed by atoms with Crippen molar-refractivity contribution in [3.05, 3.63) is 0 Å². The van der Waals surface area contributed by atoms with Crippen LogP contribution in [0.2, 0.25) is 0 Å². The third-order valence-electron chi connectivity index (χ3n) is 5.68.